The molecule has 0 radical (unpaired) electrons. The van der Waals surface area contributed by atoms with E-state index in [2.05, 4.69) is 4.74 Å². The molecule has 0 aliphatic rings. The molecule has 0 bridgehead atoms. The molecule has 0 saturated heterocycles. The van der Waals surface area contributed by atoms with Gasteiger partial charge in [0.1, 0.15) is 0 Å². The Labute approximate surface area is 100 Å². The Kier molecular flexibility index (Phi) is 5.36. The molecule has 0 unspecified atom stereocenters. The van der Waals surface area contributed by atoms with Gasteiger partial charge < -0.3 is 9.84 Å². The summed E-state index contributed by atoms with van der Waals surface area (Å²) in [6.45, 7) is 0.0929. The number of carbonyl (C=O) groups excluding carboxylic acids is 2. The zero-order chi connectivity index (χ0) is 12.7. The fourth-order valence-electron chi connectivity index (χ4n) is 1.45. The van der Waals surface area contributed by atoms with E-state index in [4.69, 9.17) is 5.11 Å². The molecule has 0 aromatic heterocycles. The van der Waals surface area contributed by atoms with E-state index < -0.39 is 0 Å². The van der Waals surface area contributed by atoms with Gasteiger partial charge in [-0.25, -0.2) is 0 Å². The van der Waals surface area contributed by atoms with E-state index in [1.165, 1.54) is 7.11 Å². The van der Waals surface area contributed by atoms with E-state index in [-0.39, 0.29) is 31.2 Å². The first-order valence-electron chi connectivity index (χ1n) is 5.47. The molecule has 0 heterocycles. The topological polar surface area (TPSA) is 63.6 Å². The van der Waals surface area contributed by atoms with Crippen molar-refractivity contribution in [1.29, 1.82) is 0 Å². The summed E-state index contributed by atoms with van der Waals surface area (Å²) in [5.41, 5.74) is 1.56. The third-order valence-electron chi connectivity index (χ3n) is 2.46. The van der Waals surface area contributed by atoms with Crippen LogP contribution >= 0.6 is 0 Å². The van der Waals surface area contributed by atoms with Crippen molar-refractivity contribution >= 4 is 11.8 Å². The van der Waals surface area contributed by atoms with Crippen molar-refractivity contribution < 1.29 is 19.4 Å². The van der Waals surface area contributed by atoms with Crippen molar-refractivity contribution in [3.8, 4) is 0 Å². The van der Waals surface area contributed by atoms with Crippen LogP contribution in [-0.2, 0) is 16.0 Å². The summed E-state index contributed by atoms with van der Waals surface area (Å²) in [5, 5.41) is 8.75. The minimum atomic E-state index is -0.379. The van der Waals surface area contributed by atoms with E-state index >= 15 is 0 Å². The lowest BCUT2D eigenvalue weighted by atomic mass is 10.0. The van der Waals surface area contributed by atoms with Gasteiger partial charge in [-0.1, -0.05) is 24.3 Å². The fraction of sp³-hybridized carbons (Fsp3) is 0.385. The van der Waals surface area contributed by atoms with Crippen molar-refractivity contribution in [2.24, 2.45) is 0 Å². The number of Topliss-reactive ketones (excluding diaryl/α,β-unsaturated/α-hetero) is 1. The van der Waals surface area contributed by atoms with Gasteiger partial charge in [-0.2, -0.15) is 0 Å². The molecular formula is C13H16O4. The Morgan fingerprint density at radius 3 is 2.35 bits per heavy atom. The number of esters is 1. The SMILES string of the molecule is COC(=O)CCC(=O)c1ccc(CCO)cc1. The van der Waals surface area contributed by atoms with Gasteiger partial charge in [-0.15, -0.1) is 0 Å². The average Bonchev–Trinajstić information content (AvgIpc) is 2.36. The molecule has 17 heavy (non-hydrogen) atoms. The Morgan fingerprint density at radius 1 is 1.18 bits per heavy atom. The van der Waals surface area contributed by atoms with Crippen LogP contribution in [0.1, 0.15) is 28.8 Å². The molecule has 0 amide bonds. The summed E-state index contributed by atoms with van der Waals surface area (Å²) in [4.78, 5) is 22.6. The van der Waals surface area contributed by atoms with Crippen LogP contribution < -0.4 is 0 Å². The summed E-state index contributed by atoms with van der Waals surface area (Å²) in [6.07, 6.45) is 0.844. The maximum Gasteiger partial charge on any atom is 0.305 e. The van der Waals surface area contributed by atoms with Crippen LogP contribution in [0.25, 0.3) is 0 Å². The van der Waals surface area contributed by atoms with E-state index in [1.807, 2.05) is 12.1 Å². The van der Waals surface area contributed by atoms with E-state index in [1.54, 1.807) is 12.1 Å². The Morgan fingerprint density at radius 2 is 1.82 bits per heavy atom. The molecule has 1 aromatic rings. The summed E-state index contributed by atoms with van der Waals surface area (Å²) >= 11 is 0. The molecule has 92 valence electrons. The molecule has 4 nitrogen and oxygen atoms in total. The number of hydrogen-bond donors (Lipinski definition) is 1. The van der Waals surface area contributed by atoms with Crippen LogP contribution in [0.5, 0.6) is 0 Å². The number of aliphatic hydroxyl groups is 1. The summed E-state index contributed by atoms with van der Waals surface area (Å²) in [5.74, 6) is -0.457. The van der Waals surface area contributed by atoms with Gasteiger partial charge in [-0.3, -0.25) is 9.59 Å². The standard InChI is InChI=1S/C13H16O4/c1-17-13(16)7-6-12(15)11-4-2-10(3-5-11)8-9-14/h2-5,14H,6-9H2,1H3. The highest BCUT2D eigenvalue weighted by Crippen LogP contribution is 2.09. The minimum absolute atomic E-state index is 0.0778. The van der Waals surface area contributed by atoms with Crippen LogP contribution in [0, 0.1) is 0 Å². The zero-order valence-electron chi connectivity index (χ0n) is 9.81. The second-order valence-corrected chi connectivity index (χ2v) is 3.67. The Hall–Kier alpha value is -1.68. The third-order valence-corrected chi connectivity index (χ3v) is 2.46. The molecule has 1 rings (SSSR count). The smallest absolute Gasteiger partial charge is 0.305 e. The van der Waals surface area contributed by atoms with Crippen LogP contribution in [0.4, 0.5) is 0 Å². The second kappa shape index (κ2) is 6.81. The molecule has 0 aliphatic carbocycles. The number of ether oxygens (including phenoxy) is 1. The summed E-state index contributed by atoms with van der Waals surface area (Å²) in [7, 11) is 1.30. The lowest BCUT2D eigenvalue weighted by molar-refractivity contribution is -0.140. The molecule has 1 N–H and O–H groups in total. The first-order valence-corrected chi connectivity index (χ1v) is 5.47. The number of methoxy groups -OCH3 is 1. The molecule has 1 aromatic carbocycles. The predicted octanol–water partition coefficient (Wildman–Crippen LogP) is 1.36. The third kappa shape index (κ3) is 4.36. The number of hydrogen-bond acceptors (Lipinski definition) is 4. The lowest BCUT2D eigenvalue weighted by Crippen LogP contribution is -2.06. The van der Waals surface area contributed by atoms with Crippen molar-refractivity contribution in [3.05, 3.63) is 35.4 Å². The van der Waals surface area contributed by atoms with Crippen LogP contribution in [0.3, 0.4) is 0 Å². The molecule has 0 saturated carbocycles. The number of benzene rings is 1. The maximum atomic E-state index is 11.7. The molecule has 4 heteroatoms. The quantitative estimate of drug-likeness (QED) is 0.598. The Bertz CT molecular complexity index is 381. The number of rotatable bonds is 6. The molecule has 0 aliphatic heterocycles. The van der Waals surface area contributed by atoms with Crippen molar-refractivity contribution in [3.63, 3.8) is 0 Å². The largest absolute Gasteiger partial charge is 0.469 e. The predicted molar refractivity (Wildman–Crippen MR) is 62.8 cm³/mol. The molecule has 0 spiro atoms. The van der Waals surface area contributed by atoms with Gasteiger partial charge in [0.05, 0.1) is 13.5 Å². The highest BCUT2D eigenvalue weighted by molar-refractivity contribution is 5.97. The molecule has 0 atom stereocenters. The highest BCUT2D eigenvalue weighted by atomic mass is 16.5. The first-order chi connectivity index (χ1) is 8.17. The average molecular weight is 236 g/mol. The van der Waals surface area contributed by atoms with Crippen molar-refractivity contribution in [2.75, 3.05) is 13.7 Å². The van der Waals surface area contributed by atoms with Crippen molar-refractivity contribution in [2.45, 2.75) is 19.3 Å². The fourth-order valence-corrected chi connectivity index (χ4v) is 1.45. The van der Waals surface area contributed by atoms with Gasteiger partial charge in [-0.05, 0) is 12.0 Å². The van der Waals surface area contributed by atoms with Gasteiger partial charge in [0.25, 0.3) is 0 Å². The number of carbonyl (C=O) groups is 2. The summed E-state index contributed by atoms with van der Waals surface area (Å²) < 4.78 is 4.47. The highest BCUT2D eigenvalue weighted by Gasteiger charge is 2.09. The van der Waals surface area contributed by atoms with E-state index in [0.717, 1.165) is 5.56 Å². The van der Waals surface area contributed by atoms with E-state index in [9.17, 15) is 9.59 Å². The van der Waals surface area contributed by atoms with Gasteiger partial charge >= 0.3 is 5.97 Å². The van der Waals surface area contributed by atoms with Gasteiger partial charge in [0.2, 0.25) is 0 Å². The Balaban J connectivity index is 2.54. The number of aliphatic hydroxyl groups excluding tert-OH is 1. The minimum Gasteiger partial charge on any atom is -0.469 e. The van der Waals surface area contributed by atoms with Crippen LogP contribution in [0.15, 0.2) is 24.3 Å². The first kappa shape index (κ1) is 13.4. The van der Waals surface area contributed by atoms with E-state index in [0.29, 0.717) is 12.0 Å². The lowest BCUT2D eigenvalue weighted by Gasteiger charge is -2.02. The number of ketones is 1. The second-order valence-electron chi connectivity index (χ2n) is 3.67. The van der Waals surface area contributed by atoms with Crippen LogP contribution in [0.2, 0.25) is 0 Å². The van der Waals surface area contributed by atoms with Gasteiger partial charge in [0, 0.05) is 18.6 Å². The summed E-state index contributed by atoms with van der Waals surface area (Å²) in [6, 6.07) is 7.04. The van der Waals surface area contributed by atoms with Crippen LogP contribution in [-0.4, -0.2) is 30.6 Å². The van der Waals surface area contributed by atoms with Crippen molar-refractivity contribution in [1.82, 2.24) is 0 Å². The monoisotopic (exact) mass is 236 g/mol. The maximum absolute atomic E-state index is 11.7. The molecule has 0 fully saturated rings. The van der Waals surface area contributed by atoms with Gasteiger partial charge in [0.15, 0.2) is 5.78 Å². The molecular weight excluding hydrogens is 220 g/mol. The zero-order valence-corrected chi connectivity index (χ0v) is 9.81. The normalized spacial score (nSPS) is 10.0.